The van der Waals surface area contributed by atoms with Crippen molar-refractivity contribution in [3.8, 4) is 5.75 Å². The number of rotatable bonds is 11. The van der Waals surface area contributed by atoms with Gasteiger partial charge in [0.05, 0.1) is 0 Å². The summed E-state index contributed by atoms with van der Waals surface area (Å²) in [4.78, 5) is 15.0. The maximum absolute atomic E-state index is 10.7. The average molecular weight is 490 g/mol. The lowest BCUT2D eigenvalue weighted by molar-refractivity contribution is -0.119. The van der Waals surface area contributed by atoms with Crippen LogP contribution in [-0.4, -0.2) is 38.1 Å². The minimum atomic E-state index is -0.476. The Bertz CT molecular complexity index is 562. The van der Waals surface area contributed by atoms with Crippen LogP contribution in [0.3, 0.4) is 0 Å². The zero-order chi connectivity index (χ0) is 19.4. The van der Waals surface area contributed by atoms with E-state index < -0.39 is 5.91 Å². The van der Waals surface area contributed by atoms with Gasteiger partial charge < -0.3 is 21.1 Å². The molecule has 1 atom stereocenters. The van der Waals surface area contributed by atoms with E-state index in [-0.39, 0.29) is 30.6 Å². The summed E-state index contributed by atoms with van der Waals surface area (Å²) >= 11 is 0. The fourth-order valence-corrected chi connectivity index (χ4v) is 2.56. The molecule has 1 unspecified atom stereocenters. The number of hydrogen-bond donors (Lipinski definition) is 3. The average Bonchev–Trinajstić information content (AvgIpc) is 2.59. The standard InChI is InChI=1S/C20H34N4O2.HI/c1-15(2)6-5-7-16(3)24-20(22-4)23-13-12-17-8-10-18(11-9-17)26-14-19(21)25;/h8-11,15-16H,5-7,12-14H2,1-4H3,(H2,21,25)(H2,22,23,24);1H. The molecular weight excluding hydrogens is 455 g/mol. The predicted molar refractivity (Wildman–Crippen MR) is 123 cm³/mol. The largest absolute Gasteiger partial charge is 0.484 e. The van der Waals surface area contributed by atoms with Gasteiger partial charge in [-0.05, 0) is 43.4 Å². The smallest absolute Gasteiger partial charge is 0.255 e. The molecule has 0 aliphatic rings. The summed E-state index contributed by atoms with van der Waals surface area (Å²) in [7, 11) is 1.79. The number of amides is 1. The number of halogens is 1. The lowest BCUT2D eigenvalue weighted by atomic mass is 10.0. The third-order valence-corrected chi connectivity index (χ3v) is 4.04. The molecule has 0 bridgehead atoms. The van der Waals surface area contributed by atoms with E-state index in [1.807, 2.05) is 24.3 Å². The van der Waals surface area contributed by atoms with Crippen LogP contribution in [-0.2, 0) is 11.2 Å². The van der Waals surface area contributed by atoms with Gasteiger partial charge in [0.25, 0.3) is 5.91 Å². The molecule has 0 aliphatic carbocycles. The minimum Gasteiger partial charge on any atom is -0.484 e. The minimum absolute atomic E-state index is 0. The molecule has 154 valence electrons. The summed E-state index contributed by atoms with van der Waals surface area (Å²) in [6, 6.07) is 8.08. The van der Waals surface area contributed by atoms with E-state index in [4.69, 9.17) is 10.5 Å². The fraction of sp³-hybridized carbons (Fsp3) is 0.600. The summed E-state index contributed by atoms with van der Waals surface area (Å²) in [6.45, 7) is 7.40. The Morgan fingerprint density at radius 1 is 1.19 bits per heavy atom. The van der Waals surface area contributed by atoms with E-state index in [2.05, 4.69) is 36.4 Å². The molecule has 4 N–H and O–H groups in total. The van der Waals surface area contributed by atoms with Gasteiger partial charge in [0.2, 0.25) is 0 Å². The molecule has 1 amide bonds. The third-order valence-electron chi connectivity index (χ3n) is 4.04. The van der Waals surface area contributed by atoms with Crippen molar-refractivity contribution < 1.29 is 9.53 Å². The van der Waals surface area contributed by atoms with Crippen molar-refractivity contribution in [2.45, 2.75) is 52.5 Å². The van der Waals surface area contributed by atoms with Crippen molar-refractivity contribution in [2.75, 3.05) is 20.2 Å². The van der Waals surface area contributed by atoms with Gasteiger partial charge in [0.1, 0.15) is 5.75 Å². The molecule has 7 heteroatoms. The van der Waals surface area contributed by atoms with Crippen molar-refractivity contribution in [2.24, 2.45) is 16.6 Å². The van der Waals surface area contributed by atoms with Gasteiger partial charge in [-0.15, -0.1) is 24.0 Å². The van der Waals surface area contributed by atoms with Crippen LogP contribution in [0.25, 0.3) is 0 Å². The van der Waals surface area contributed by atoms with Gasteiger partial charge in [-0.1, -0.05) is 38.8 Å². The predicted octanol–water partition coefficient (Wildman–Crippen LogP) is 3.09. The van der Waals surface area contributed by atoms with E-state index >= 15 is 0 Å². The molecule has 0 radical (unpaired) electrons. The second-order valence-corrected chi connectivity index (χ2v) is 7.02. The van der Waals surface area contributed by atoms with Crippen molar-refractivity contribution >= 4 is 35.8 Å². The Balaban J connectivity index is 0.00000676. The number of nitrogens with zero attached hydrogens (tertiary/aromatic N) is 1. The molecule has 1 aromatic rings. The summed E-state index contributed by atoms with van der Waals surface area (Å²) in [5.41, 5.74) is 6.25. The van der Waals surface area contributed by atoms with Gasteiger partial charge >= 0.3 is 0 Å². The molecular formula is C20H35IN4O2. The van der Waals surface area contributed by atoms with E-state index in [1.165, 1.54) is 18.4 Å². The second-order valence-electron chi connectivity index (χ2n) is 7.02. The van der Waals surface area contributed by atoms with Crippen LogP contribution < -0.4 is 21.1 Å². The zero-order valence-corrected chi connectivity index (χ0v) is 19.3. The second kappa shape index (κ2) is 14.5. The van der Waals surface area contributed by atoms with Crippen molar-refractivity contribution in [1.82, 2.24) is 10.6 Å². The Morgan fingerprint density at radius 2 is 1.85 bits per heavy atom. The highest BCUT2D eigenvalue weighted by Gasteiger charge is 2.06. The molecule has 0 aliphatic heterocycles. The summed E-state index contributed by atoms with van der Waals surface area (Å²) in [5, 5.41) is 6.79. The highest BCUT2D eigenvalue weighted by atomic mass is 127. The molecule has 6 nitrogen and oxygen atoms in total. The number of guanidine groups is 1. The molecule has 27 heavy (non-hydrogen) atoms. The monoisotopic (exact) mass is 490 g/mol. The van der Waals surface area contributed by atoms with Crippen LogP contribution in [0.1, 0.15) is 45.6 Å². The maximum atomic E-state index is 10.7. The molecule has 0 aromatic heterocycles. The molecule has 0 heterocycles. The first kappa shape index (κ1) is 25.5. The number of aliphatic imine (C=N–C) groups is 1. The summed E-state index contributed by atoms with van der Waals surface area (Å²) in [6.07, 6.45) is 4.51. The van der Waals surface area contributed by atoms with E-state index in [9.17, 15) is 4.79 Å². The third kappa shape index (κ3) is 12.5. The quantitative estimate of drug-likeness (QED) is 0.253. The Labute approximate surface area is 180 Å². The van der Waals surface area contributed by atoms with Crippen molar-refractivity contribution in [3.05, 3.63) is 29.8 Å². The summed E-state index contributed by atoms with van der Waals surface area (Å²) < 4.78 is 5.25. The molecule has 0 spiro atoms. The Kier molecular flexibility index (Phi) is 13.7. The number of primary amides is 1. The number of benzene rings is 1. The van der Waals surface area contributed by atoms with E-state index in [0.717, 1.165) is 31.3 Å². The number of nitrogens with two attached hydrogens (primary N) is 1. The van der Waals surface area contributed by atoms with Crippen LogP contribution in [0.4, 0.5) is 0 Å². The van der Waals surface area contributed by atoms with Crippen LogP contribution in [0, 0.1) is 5.92 Å². The first-order chi connectivity index (χ1) is 12.4. The fourth-order valence-electron chi connectivity index (χ4n) is 2.56. The SMILES string of the molecule is CN=C(NCCc1ccc(OCC(N)=O)cc1)NC(C)CCCC(C)C.I. The molecule has 0 fully saturated rings. The van der Waals surface area contributed by atoms with Crippen molar-refractivity contribution in [1.29, 1.82) is 0 Å². The highest BCUT2D eigenvalue weighted by Crippen LogP contribution is 2.12. The molecule has 0 saturated heterocycles. The van der Waals surface area contributed by atoms with Gasteiger partial charge in [-0.3, -0.25) is 9.79 Å². The van der Waals surface area contributed by atoms with Gasteiger partial charge in [-0.2, -0.15) is 0 Å². The molecule has 0 saturated carbocycles. The lowest BCUT2D eigenvalue weighted by Crippen LogP contribution is -2.42. The first-order valence-electron chi connectivity index (χ1n) is 9.38. The number of carbonyl (C=O) groups is 1. The number of nitrogens with one attached hydrogen (secondary N) is 2. The number of carbonyl (C=O) groups excluding carboxylic acids is 1. The Morgan fingerprint density at radius 3 is 2.41 bits per heavy atom. The first-order valence-corrected chi connectivity index (χ1v) is 9.38. The number of hydrogen-bond acceptors (Lipinski definition) is 3. The van der Waals surface area contributed by atoms with Crippen molar-refractivity contribution in [3.63, 3.8) is 0 Å². The highest BCUT2D eigenvalue weighted by molar-refractivity contribution is 14.0. The topological polar surface area (TPSA) is 88.7 Å². The lowest BCUT2D eigenvalue weighted by Gasteiger charge is -2.18. The van der Waals surface area contributed by atoms with Gasteiger partial charge in [-0.25, -0.2) is 0 Å². The zero-order valence-electron chi connectivity index (χ0n) is 17.0. The van der Waals surface area contributed by atoms with Gasteiger partial charge in [0.15, 0.2) is 12.6 Å². The van der Waals surface area contributed by atoms with Gasteiger partial charge in [0, 0.05) is 19.6 Å². The maximum Gasteiger partial charge on any atom is 0.255 e. The Hall–Kier alpha value is -1.51. The molecule has 1 aromatic carbocycles. The van der Waals surface area contributed by atoms with Crippen LogP contribution in [0.15, 0.2) is 29.3 Å². The van der Waals surface area contributed by atoms with Crippen LogP contribution in [0.5, 0.6) is 5.75 Å². The normalized spacial score (nSPS) is 12.3. The van der Waals surface area contributed by atoms with E-state index in [1.54, 1.807) is 7.05 Å². The van der Waals surface area contributed by atoms with Crippen LogP contribution >= 0.6 is 24.0 Å². The van der Waals surface area contributed by atoms with Crippen LogP contribution in [0.2, 0.25) is 0 Å². The number of ether oxygens (including phenoxy) is 1. The summed E-state index contributed by atoms with van der Waals surface area (Å²) in [5.74, 6) is 1.76. The van der Waals surface area contributed by atoms with E-state index in [0.29, 0.717) is 11.8 Å². The molecule has 1 rings (SSSR count).